The van der Waals surface area contributed by atoms with Gasteiger partial charge in [-0.05, 0) is 42.9 Å². The molecule has 3 N–H and O–H groups in total. The van der Waals surface area contributed by atoms with Crippen molar-refractivity contribution >= 4 is 17.8 Å². The number of nitrogens with one attached hydrogen (secondary N) is 3. The number of imide groups is 1. The normalized spacial score (nSPS) is 17.3. The average Bonchev–Trinajstić information content (AvgIpc) is 2.75. The molecule has 26 heavy (non-hydrogen) atoms. The molecule has 4 amide bonds. The molecule has 1 aliphatic heterocycles. The standard InChI is InChI=1S/C19H27N3O4/c1-13(2)9-11-26-15-5-3-4-14(12-15)8-10-20-18(24)16-6-7-17(23)22-19(25)21-16/h3-5,12-13,16H,6-11H2,1-2H3,(H,20,24)(H2,21,22,23,25)/t16-/m0/s1. The number of amides is 4. The third-order valence-corrected chi connectivity index (χ3v) is 4.11. The maximum absolute atomic E-state index is 12.2. The largest absolute Gasteiger partial charge is 0.494 e. The first-order valence-corrected chi connectivity index (χ1v) is 9.04. The van der Waals surface area contributed by atoms with Crippen LogP contribution in [0, 0.1) is 5.92 Å². The van der Waals surface area contributed by atoms with Crippen LogP contribution in [-0.4, -0.2) is 37.0 Å². The van der Waals surface area contributed by atoms with E-state index in [4.69, 9.17) is 4.74 Å². The second-order valence-corrected chi connectivity index (χ2v) is 6.83. The highest BCUT2D eigenvalue weighted by Crippen LogP contribution is 2.14. The van der Waals surface area contributed by atoms with Crippen LogP contribution in [0.2, 0.25) is 0 Å². The molecule has 2 rings (SSSR count). The molecule has 7 heteroatoms. The summed E-state index contributed by atoms with van der Waals surface area (Å²) < 4.78 is 5.74. The maximum atomic E-state index is 12.2. The highest BCUT2D eigenvalue weighted by Gasteiger charge is 2.25. The summed E-state index contributed by atoms with van der Waals surface area (Å²) in [5, 5.41) is 7.46. The first-order valence-electron chi connectivity index (χ1n) is 9.04. The van der Waals surface area contributed by atoms with Gasteiger partial charge in [-0.3, -0.25) is 14.9 Å². The summed E-state index contributed by atoms with van der Waals surface area (Å²) in [5.74, 6) is 0.782. The summed E-state index contributed by atoms with van der Waals surface area (Å²) in [7, 11) is 0. The molecule has 0 bridgehead atoms. The zero-order chi connectivity index (χ0) is 18.9. The second-order valence-electron chi connectivity index (χ2n) is 6.83. The minimum atomic E-state index is -0.688. The number of carbonyl (C=O) groups is 3. The fourth-order valence-corrected chi connectivity index (χ4v) is 2.58. The van der Waals surface area contributed by atoms with Crippen molar-refractivity contribution in [2.45, 2.75) is 45.6 Å². The Bertz CT molecular complexity index is 645. The van der Waals surface area contributed by atoms with Gasteiger partial charge in [-0.2, -0.15) is 0 Å². The number of hydrogen-bond acceptors (Lipinski definition) is 4. The van der Waals surface area contributed by atoms with Crippen molar-refractivity contribution in [2.24, 2.45) is 5.92 Å². The summed E-state index contributed by atoms with van der Waals surface area (Å²) >= 11 is 0. The molecule has 1 aliphatic rings. The van der Waals surface area contributed by atoms with E-state index in [-0.39, 0.29) is 18.2 Å². The van der Waals surface area contributed by atoms with Crippen LogP contribution in [0.1, 0.15) is 38.7 Å². The lowest BCUT2D eigenvalue weighted by Crippen LogP contribution is -2.48. The van der Waals surface area contributed by atoms with Gasteiger partial charge in [0.15, 0.2) is 0 Å². The predicted molar refractivity (Wildman–Crippen MR) is 97.8 cm³/mol. The molecule has 0 aromatic heterocycles. The number of carbonyl (C=O) groups excluding carboxylic acids is 3. The number of rotatable bonds is 8. The van der Waals surface area contributed by atoms with E-state index in [1.165, 1.54) is 0 Å². The molecule has 0 spiro atoms. The number of ether oxygens (including phenoxy) is 1. The van der Waals surface area contributed by atoms with E-state index < -0.39 is 12.1 Å². The molecular weight excluding hydrogens is 334 g/mol. The van der Waals surface area contributed by atoms with E-state index in [1.807, 2.05) is 24.3 Å². The van der Waals surface area contributed by atoms with Gasteiger partial charge in [-0.25, -0.2) is 4.79 Å². The Morgan fingerprint density at radius 2 is 2.15 bits per heavy atom. The van der Waals surface area contributed by atoms with Gasteiger partial charge < -0.3 is 15.4 Å². The SMILES string of the molecule is CC(C)CCOc1cccc(CCNC(=O)[C@@H]2CCC(=O)NC(=O)N2)c1. The van der Waals surface area contributed by atoms with Gasteiger partial charge in [0.2, 0.25) is 11.8 Å². The van der Waals surface area contributed by atoms with E-state index >= 15 is 0 Å². The van der Waals surface area contributed by atoms with Crippen LogP contribution in [0.5, 0.6) is 5.75 Å². The van der Waals surface area contributed by atoms with Crippen molar-refractivity contribution in [3.05, 3.63) is 29.8 Å². The first-order chi connectivity index (χ1) is 12.4. The number of benzene rings is 1. The quantitative estimate of drug-likeness (QED) is 0.657. The molecule has 0 unspecified atom stereocenters. The lowest BCUT2D eigenvalue weighted by molar-refractivity contribution is -0.123. The van der Waals surface area contributed by atoms with E-state index in [9.17, 15) is 14.4 Å². The van der Waals surface area contributed by atoms with Gasteiger partial charge in [0.1, 0.15) is 11.8 Å². The Morgan fingerprint density at radius 1 is 1.35 bits per heavy atom. The zero-order valence-corrected chi connectivity index (χ0v) is 15.3. The molecule has 1 atom stereocenters. The summed E-state index contributed by atoms with van der Waals surface area (Å²) in [6, 6.07) is 6.50. The first kappa shape index (κ1) is 19.8. The van der Waals surface area contributed by atoms with Crippen molar-refractivity contribution in [1.82, 2.24) is 16.0 Å². The van der Waals surface area contributed by atoms with Gasteiger partial charge in [-0.15, -0.1) is 0 Å². The summed E-state index contributed by atoms with van der Waals surface area (Å²) in [5.41, 5.74) is 1.06. The molecule has 0 radical (unpaired) electrons. The molecule has 1 fully saturated rings. The highest BCUT2D eigenvalue weighted by atomic mass is 16.5. The predicted octanol–water partition coefficient (Wildman–Crippen LogP) is 1.76. The van der Waals surface area contributed by atoms with E-state index in [0.29, 0.717) is 31.9 Å². The van der Waals surface area contributed by atoms with Gasteiger partial charge in [0.05, 0.1) is 6.61 Å². The Hall–Kier alpha value is -2.57. The fraction of sp³-hybridized carbons (Fsp3) is 0.526. The van der Waals surface area contributed by atoms with Crippen LogP contribution in [-0.2, 0) is 16.0 Å². The van der Waals surface area contributed by atoms with E-state index in [2.05, 4.69) is 29.8 Å². The Kier molecular flexibility index (Phi) is 7.44. The molecule has 1 heterocycles. The molecule has 0 saturated carbocycles. The van der Waals surface area contributed by atoms with Crippen molar-refractivity contribution in [3.63, 3.8) is 0 Å². The Labute approximate surface area is 153 Å². The van der Waals surface area contributed by atoms with Gasteiger partial charge >= 0.3 is 6.03 Å². The van der Waals surface area contributed by atoms with Crippen LogP contribution in [0.4, 0.5) is 4.79 Å². The van der Waals surface area contributed by atoms with E-state index in [0.717, 1.165) is 17.7 Å². The van der Waals surface area contributed by atoms with Crippen LogP contribution < -0.4 is 20.7 Å². The third kappa shape index (κ3) is 6.74. The van der Waals surface area contributed by atoms with Crippen molar-refractivity contribution in [2.75, 3.05) is 13.2 Å². The lowest BCUT2D eigenvalue weighted by atomic mass is 10.1. The van der Waals surface area contributed by atoms with Gasteiger partial charge in [-0.1, -0.05) is 26.0 Å². The van der Waals surface area contributed by atoms with Gasteiger partial charge in [0, 0.05) is 13.0 Å². The van der Waals surface area contributed by atoms with Gasteiger partial charge in [0.25, 0.3) is 0 Å². The highest BCUT2D eigenvalue weighted by molar-refractivity contribution is 5.98. The number of urea groups is 1. The minimum absolute atomic E-state index is 0.145. The Balaban J connectivity index is 1.77. The minimum Gasteiger partial charge on any atom is -0.494 e. The summed E-state index contributed by atoms with van der Waals surface area (Å²) in [4.78, 5) is 34.9. The third-order valence-electron chi connectivity index (χ3n) is 4.11. The lowest BCUT2D eigenvalue weighted by Gasteiger charge is -2.15. The topological polar surface area (TPSA) is 96.5 Å². The van der Waals surface area contributed by atoms with Crippen molar-refractivity contribution in [1.29, 1.82) is 0 Å². The molecule has 1 aromatic carbocycles. The van der Waals surface area contributed by atoms with Crippen LogP contribution >= 0.6 is 0 Å². The molecule has 7 nitrogen and oxygen atoms in total. The van der Waals surface area contributed by atoms with E-state index in [1.54, 1.807) is 0 Å². The Morgan fingerprint density at radius 3 is 2.92 bits per heavy atom. The fourth-order valence-electron chi connectivity index (χ4n) is 2.58. The summed E-state index contributed by atoms with van der Waals surface area (Å²) in [6.07, 6.45) is 2.10. The molecule has 142 valence electrons. The van der Waals surface area contributed by atoms with Crippen LogP contribution in [0.25, 0.3) is 0 Å². The number of hydrogen-bond donors (Lipinski definition) is 3. The summed E-state index contributed by atoms with van der Waals surface area (Å²) in [6.45, 7) is 5.45. The second kappa shape index (κ2) is 9.79. The molecule has 1 saturated heterocycles. The molecular formula is C19H27N3O4. The van der Waals surface area contributed by atoms with Crippen LogP contribution in [0.15, 0.2) is 24.3 Å². The monoisotopic (exact) mass is 361 g/mol. The maximum Gasteiger partial charge on any atom is 0.322 e. The van der Waals surface area contributed by atoms with Crippen LogP contribution in [0.3, 0.4) is 0 Å². The van der Waals surface area contributed by atoms with Crippen molar-refractivity contribution < 1.29 is 19.1 Å². The smallest absolute Gasteiger partial charge is 0.322 e. The molecule has 0 aliphatic carbocycles. The van der Waals surface area contributed by atoms with Crippen molar-refractivity contribution in [3.8, 4) is 5.75 Å². The zero-order valence-electron chi connectivity index (χ0n) is 15.3. The average molecular weight is 361 g/mol. The molecule has 1 aromatic rings.